The molecule has 0 unspecified atom stereocenters. The van der Waals surface area contributed by atoms with Gasteiger partial charge in [0.1, 0.15) is 5.01 Å². The van der Waals surface area contributed by atoms with Gasteiger partial charge in [-0.1, -0.05) is 0 Å². The molecule has 3 heterocycles. The molecule has 0 saturated carbocycles. The van der Waals surface area contributed by atoms with Gasteiger partial charge in [-0.25, -0.2) is 4.98 Å². The summed E-state index contributed by atoms with van der Waals surface area (Å²) in [6.07, 6.45) is 6.40. The lowest BCUT2D eigenvalue weighted by atomic mass is 10.3. The molecule has 0 fully saturated rings. The first kappa shape index (κ1) is 11.9. The molecule has 0 radical (unpaired) electrons. The second-order valence-electron chi connectivity index (χ2n) is 4.32. The predicted molar refractivity (Wildman–Crippen MR) is 73.4 cm³/mol. The van der Waals surface area contributed by atoms with Crippen molar-refractivity contribution in [2.24, 2.45) is 0 Å². The van der Waals surface area contributed by atoms with E-state index in [1.807, 2.05) is 35.3 Å². The Balaban J connectivity index is 1.86. The van der Waals surface area contributed by atoms with Crippen LogP contribution in [0.15, 0.2) is 30.0 Å². The molecule has 3 aromatic rings. The predicted octanol–water partition coefficient (Wildman–Crippen LogP) is 2.50. The number of carbonyl (C=O) groups excluding carboxylic acids is 1. The van der Waals surface area contributed by atoms with Gasteiger partial charge in [0.05, 0.1) is 24.1 Å². The van der Waals surface area contributed by atoms with Crippen LogP contribution < -0.4 is 0 Å². The molecule has 0 aromatic carbocycles. The van der Waals surface area contributed by atoms with E-state index >= 15 is 0 Å². The third-order valence-corrected chi connectivity index (χ3v) is 3.76. The normalized spacial score (nSPS) is 10.8. The van der Waals surface area contributed by atoms with E-state index in [1.54, 1.807) is 17.5 Å². The minimum absolute atomic E-state index is 0.607. The van der Waals surface area contributed by atoms with Crippen molar-refractivity contribution in [1.82, 2.24) is 19.7 Å². The number of thiazole rings is 1. The summed E-state index contributed by atoms with van der Waals surface area (Å²) in [5.41, 5.74) is 3.68. The van der Waals surface area contributed by atoms with Crippen molar-refractivity contribution >= 4 is 17.6 Å². The summed E-state index contributed by atoms with van der Waals surface area (Å²) in [7, 11) is 0. The second kappa shape index (κ2) is 4.81. The Labute approximate surface area is 113 Å². The van der Waals surface area contributed by atoms with E-state index < -0.39 is 0 Å². The zero-order valence-corrected chi connectivity index (χ0v) is 11.1. The average molecular weight is 272 g/mol. The maximum atomic E-state index is 11.0. The number of nitrogens with zero attached hydrogens (tertiary/aromatic N) is 3. The van der Waals surface area contributed by atoms with E-state index in [9.17, 15) is 4.79 Å². The van der Waals surface area contributed by atoms with Gasteiger partial charge in [-0.05, 0) is 18.6 Å². The first-order valence-corrected chi connectivity index (χ1v) is 6.70. The van der Waals surface area contributed by atoms with Crippen LogP contribution in [0.2, 0.25) is 0 Å². The van der Waals surface area contributed by atoms with E-state index in [1.165, 1.54) is 0 Å². The first-order chi connectivity index (χ1) is 9.26. The summed E-state index contributed by atoms with van der Waals surface area (Å²) in [5, 5.41) is 9.62. The fourth-order valence-corrected chi connectivity index (χ4v) is 2.76. The van der Waals surface area contributed by atoms with Crippen molar-refractivity contribution in [3.05, 3.63) is 47.0 Å². The Morgan fingerprint density at radius 2 is 2.42 bits per heavy atom. The molecule has 0 aliphatic carbocycles. The van der Waals surface area contributed by atoms with Gasteiger partial charge in [0.2, 0.25) is 0 Å². The number of aromatic nitrogens is 4. The molecule has 3 aromatic heterocycles. The SMILES string of the molecule is Cc1cc(C=O)n(Cc2csc(-c3cn[nH]c3)n2)c1. The van der Waals surface area contributed by atoms with Gasteiger partial charge in [0.25, 0.3) is 0 Å². The molecular formula is C13H12N4OS. The van der Waals surface area contributed by atoms with Gasteiger partial charge in [0.15, 0.2) is 6.29 Å². The summed E-state index contributed by atoms with van der Waals surface area (Å²) in [6, 6.07) is 1.87. The molecule has 0 aliphatic rings. The third-order valence-electron chi connectivity index (χ3n) is 2.82. The lowest BCUT2D eigenvalue weighted by molar-refractivity contribution is 0.111. The van der Waals surface area contributed by atoms with Gasteiger partial charge in [0, 0.05) is 23.3 Å². The van der Waals surface area contributed by atoms with Crippen molar-refractivity contribution in [3.63, 3.8) is 0 Å². The molecule has 0 spiro atoms. The smallest absolute Gasteiger partial charge is 0.166 e. The number of nitrogens with one attached hydrogen (secondary N) is 1. The highest BCUT2D eigenvalue weighted by atomic mass is 32.1. The summed E-state index contributed by atoms with van der Waals surface area (Å²) in [6.45, 7) is 2.58. The number of hydrogen-bond acceptors (Lipinski definition) is 4. The standard InChI is InChI=1S/C13H12N4OS/c1-9-2-12(7-18)17(5-9)6-11-8-19-13(16-11)10-3-14-15-4-10/h2-5,7-8H,6H2,1H3,(H,14,15). The highest BCUT2D eigenvalue weighted by Crippen LogP contribution is 2.23. The monoisotopic (exact) mass is 272 g/mol. The van der Waals surface area contributed by atoms with Crippen molar-refractivity contribution in [3.8, 4) is 10.6 Å². The number of hydrogen-bond donors (Lipinski definition) is 1. The number of H-pyrrole nitrogens is 1. The van der Waals surface area contributed by atoms with Crippen molar-refractivity contribution < 1.29 is 4.79 Å². The summed E-state index contributed by atoms with van der Waals surface area (Å²) < 4.78 is 1.91. The Morgan fingerprint density at radius 1 is 1.53 bits per heavy atom. The quantitative estimate of drug-likeness (QED) is 0.742. The van der Waals surface area contributed by atoms with Crippen LogP contribution in [0.5, 0.6) is 0 Å². The summed E-state index contributed by atoms with van der Waals surface area (Å²) in [4.78, 5) is 15.5. The molecule has 6 heteroatoms. The van der Waals surface area contributed by atoms with Crippen molar-refractivity contribution in [2.75, 3.05) is 0 Å². The Morgan fingerprint density at radius 3 is 3.16 bits per heavy atom. The molecule has 19 heavy (non-hydrogen) atoms. The number of rotatable bonds is 4. The molecule has 1 N–H and O–H groups in total. The minimum atomic E-state index is 0.607. The Hall–Kier alpha value is -2.21. The van der Waals surface area contributed by atoms with Crippen LogP contribution in [0.1, 0.15) is 21.7 Å². The average Bonchev–Trinajstić information content (AvgIpc) is 3.09. The van der Waals surface area contributed by atoms with Crippen LogP contribution in [0, 0.1) is 6.92 Å². The van der Waals surface area contributed by atoms with E-state index in [4.69, 9.17) is 0 Å². The van der Waals surface area contributed by atoms with E-state index in [0.29, 0.717) is 12.2 Å². The molecule has 0 aliphatic heterocycles. The zero-order chi connectivity index (χ0) is 13.2. The molecule has 0 amide bonds. The molecule has 3 rings (SSSR count). The number of carbonyl (C=O) groups is 1. The van der Waals surface area contributed by atoms with Crippen molar-refractivity contribution in [1.29, 1.82) is 0 Å². The van der Waals surface area contributed by atoms with Crippen LogP contribution >= 0.6 is 11.3 Å². The molecule has 5 nitrogen and oxygen atoms in total. The molecule has 96 valence electrons. The number of aryl methyl sites for hydroxylation is 1. The maximum absolute atomic E-state index is 11.0. The Kier molecular flexibility index (Phi) is 3.00. The van der Waals surface area contributed by atoms with Gasteiger partial charge < -0.3 is 4.57 Å². The van der Waals surface area contributed by atoms with Crippen molar-refractivity contribution in [2.45, 2.75) is 13.5 Å². The van der Waals surface area contributed by atoms with Gasteiger partial charge >= 0.3 is 0 Å². The van der Waals surface area contributed by atoms with E-state index in [-0.39, 0.29) is 0 Å². The Bertz CT molecular complexity index is 696. The number of aromatic amines is 1. The first-order valence-electron chi connectivity index (χ1n) is 5.82. The van der Waals surface area contributed by atoms with Crippen LogP contribution in [0.25, 0.3) is 10.6 Å². The van der Waals surface area contributed by atoms with Gasteiger partial charge in [-0.3, -0.25) is 9.89 Å². The molecule has 0 atom stereocenters. The minimum Gasteiger partial charge on any atom is -0.339 e. The topological polar surface area (TPSA) is 63.6 Å². The summed E-state index contributed by atoms with van der Waals surface area (Å²) >= 11 is 1.57. The highest BCUT2D eigenvalue weighted by molar-refractivity contribution is 7.13. The van der Waals surface area contributed by atoms with Crippen LogP contribution in [-0.4, -0.2) is 26.0 Å². The van der Waals surface area contributed by atoms with Crippen LogP contribution in [0.4, 0.5) is 0 Å². The molecule has 0 saturated heterocycles. The highest BCUT2D eigenvalue weighted by Gasteiger charge is 2.08. The third kappa shape index (κ3) is 2.34. The largest absolute Gasteiger partial charge is 0.339 e. The van der Waals surface area contributed by atoms with Crippen LogP contribution in [-0.2, 0) is 6.54 Å². The molecular weight excluding hydrogens is 260 g/mol. The van der Waals surface area contributed by atoms with Crippen LogP contribution in [0.3, 0.4) is 0 Å². The number of aldehydes is 1. The van der Waals surface area contributed by atoms with E-state index in [0.717, 1.165) is 28.1 Å². The fourth-order valence-electron chi connectivity index (χ4n) is 1.97. The zero-order valence-electron chi connectivity index (χ0n) is 10.3. The second-order valence-corrected chi connectivity index (χ2v) is 5.18. The maximum Gasteiger partial charge on any atom is 0.166 e. The van der Waals surface area contributed by atoms with Gasteiger partial charge in [-0.15, -0.1) is 11.3 Å². The lowest BCUT2D eigenvalue weighted by Crippen LogP contribution is -2.02. The molecule has 0 bridgehead atoms. The summed E-state index contributed by atoms with van der Waals surface area (Å²) in [5.74, 6) is 0. The lowest BCUT2D eigenvalue weighted by Gasteiger charge is -2.01. The van der Waals surface area contributed by atoms with Gasteiger partial charge in [-0.2, -0.15) is 5.10 Å². The fraction of sp³-hybridized carbons (Fsp3) is 0.154. The van der Waals surface area contributed by atoms with E-state index in [2.05, 4.69) is 15.2 Å².